The number of nitrogens with two attached hydrogens (primary N) is 1. The van der Waals surface area contributed by atoms with E-state index in [2.05, 4.69) is 10.4 Å². The van der Waals surface area contributed by atoms with E-state index in [-0.39, 0.29) is 30.8 Å². The minimum atomic E-state index is -2.68. The fourth-order valence-corrected chi connectivity index (χ4v) is 3.07. The second kappa shape index (κ2) is 7.87. The van der Waals surface area contributed by atoms with Crippen molar-refractivity contribution >= 4 is 18.3 Å². The zero-order valence-electron chi connectivity index (χ0n) is 12.8. The highest BCUT2D eigenvalue weighted by Gasteiger charge is 2.28. The first-order chi connectivity index (χ1) is 9.93. The summed E-state index contributed by atoms with van der Waals surface area (Å²) in [6.07, 6.45) is 3.11. The van der Waals surface area contributed by atoms with Gasteiger partial charge in [-0.05, 0) is 39.2 Å². The number of amides is 1. The summed E-state index contributed by atoms with van der Waals surface area (Å²) in [7, 11) is 0. The number of nitrogens with zero attached hydrogens (tertiary/aromatic N) is 2. The number of carbonyl (C=O) groups excluding carboxylic acids is 1. The number of alkyl halides is 2. The molecule has 3 N–H and O–H groups in total. The summed E-state index contributed by atoms with van der Waals surface area (Å²) < 4.78 is 26.2. The molecule has 0 spiro atoms. The number of halogens is 3. The minimum absolute atomic E-state index is 0. The molecule has 0 bridgehead atoms. The molecule has 1 aromatic rings. The normalized spacial score (nSPS) is 21.0. The lowest BCUT2D eigenvalue weighted by atomic mass is 10.0. The number of rotatable bonds is 5. The molecule has 2 unspecified atom stereocenters. The summed E-state index contributed by atoms with van der Waals surface area (Å²) in [5.74, 6) is 0.167. The van der Waals surface area contributed by atoms with E-state index >= 15 is 0 Å². The van der Waals surface area contributed by atoms with Gasteiger partial charge in [0.1, 0.15) is 0 Å². The topological polar surface area (TPSA) is 72.9 Å². The van der Waals surface area contributed by atoms with Gasteiger partial charge >= 0.3 is 6.55 Å². The van der Waals surface area contributed by atoms with Gasteiger partial charge in [0.2, 0.25) is 5.91 Å². The Kier molecular flexibility index (Phi) is 6.74. The SMILES string of the molecule is Cc1nn(C(F)F)c(C)c1CC(=O)NC1CCCC1CN.Cl. The molecule has 1 heterocycles. The molecule has 0 radical (unpaired) electrons. The Labute approximate surface area is 135 Å². The number of aryl methyl sites for hydroxylation is 1. The third-order valence-electron chi connectivity index (χ3n) is 4.31. The van der Waals surface area contributed by atoms with Gasteiger partial charge in [-0.2, -0.15) is 13.9 Å². The van der Waals surface area contributed by atoms with Crippen LogP contribution in [0, 0.1) is 19.8 Å². The first-order valence-corrected chi connectivity index (χ1v) is 7.26. The van der Waals surface area contributed by atoms with E-state index in [0.29, 0.717) is 34.1 Å². The van der Waals surface area contributed by atoms with Gasteiger partial charge in [0, 0.05) is 17.3 Å². The van der Waals surface area contributed by atoms with Crippen LogP contribution in [0.15, 0.2) is 0 Å². The standard InChI is InChI=1S/C14H22F2N4O.ClH/c1-8-11(9(2)20(19-8)14(15)16)6-13(21)18-12-5-3-4-10(12)7-17;/h10,12,14H,3-7,17H2,1-2H3,(H,18,21);1H. The highest BCUT2D eigenvalue weighted by Crippen LogP contribution is 2.25. The monoisotopic (exact) mass is 336 g/mol. The summed E-state index contributed by atoms with van der Waals surface area (Å²) in [5.41, 5.74) is 7.09. The quantitative estimate of drug-likeness (QED) is 0.865. The van der Waals surface area contributed by atoms with Crippen LogP contribution < -0.4 is 11.1 Å². The van der Waals surface area contributed by atoms with Crippen molar-refractivity contribution in [1.82, 2.24) is 15.1 Å². The molecule has 8 heteroatoms. The highest BCUT2D eigenvalue weighted by atomic mass is 35.5. The van der Waals surface area contributed by atoms with Gasteiger partial charge in [0.25, 0.3) is 0 Å². The van der Waals surface area contributed by atoms with Crippen LogP contribution in [0.2, 0.25) is 0 Å². The van der Waals surface area contributed by atoms with E-state index in [1.807, 2.05) is 0 Å². The fourth-order valence-electron chi connectivity index (χ4n) is 3.07. The highest BCUT2D eigenvalue weighted by molar-refractivity contribution is 5.85. The average molecular weight is 337 g/mol. The maximum absolute atomic E-state index is 12.8. The predicted octanol–water partition coefficient (Wildman–Crippen LogP) is 2.10. The summed E-state index contributed by atoms with van der Waals surface area (Å²) in [4.78, 5) is 12.1. The molecular weight excluding hydrogens is 314 g/mol. The Balaban J connectivity index is 0.00000242. The fraction of sp³-hybridized carbons (Fsp3) is 0.714. The second-order valence-electron chi connectivity index (χ2n) is 5.65. The van der Waals surface area contributed by atoms with Gasteiger partial charge in [-0.1, -0.05) is 6.42 Å². The van der Waals surface area contributed by atoms with Crippen molar-refractivity contribution in [2.45, 2.75) is 52.1 Å². The van der Waals surface area contributed by atoms with Crippen LogP contribution in [-0.4, -0.2) is 28.3 Å². The van der Waals surface area contributed by atoms with Gasteiger partial charge in [0.05, 0.1) is 12.1 Å². The molecule has 0 aromatic carbocycles. The van der Waals surface area contributed by atoms with E-state index in [1.54, 1.807) is 13.8 Å². The van der Waals surface area contributed by atoms with E-state index in [0.717, 1.165) is 19.3 Å². The van der Waals surface area contributed by atoms with Crippen molar-refractivity contribution in [2.24, 2.45) is 11.7 Å². The lowest BCUT2D eigenvalue weighted by molar-refractivity contribution is -0.121. The van der Waals surface area contributed by atoms with Gasteiger partial charge < -0.3 is 11.1 Å². The Morgan fingerprint density at radius 2 is 2.14 bits per heavy atom. The smallest absolute Gasteiger partial charge is 0.333 e. The molecule has 5 nitrogen and oxygen atoms in total. The lowest BCUT2D eigenvalue weighted by Crippen LogP contribution is -2.40. The number of aromatic nitrogens is 2. The summed E-state index contributed by atoms with van der Waals surface area (Å²) in [5, 5.41) is 6.77. The van der Waals surface area contributed by atoms with Crippen molar-refractivity contribution < 1.29 is 13.6 Å². The third kappa shape index (κ3) is 3.95. The second-order valence-corrected chi connectivity index (χ2v) is 5.65. The molecule has 1 fully saturated rings. The zero-order chi connectivity index (χ0) is 15.6. The van der Waals surface area contributed by atoms with Crippen LogP contribution >= 0.6 is 12.4 Å². The van der Waals surface area contributed by atoms with Crippen molar-refractivity contribution in [1.29, 1.82) is 0 Å². The predicted molar refractivity (Wildman–Crippen MR) is 82.2 cm³/mol. The van der Waals surface area contributed by atoms with Gasteiger partial charge in [-0.25, -0.2) is 4.68 Å². The first kappa shape index (κ1) is 18.8. The van der Waals surface area contributed by atoms with Crippen molar-refractivity contribution in [3.05, 3.63) is 17.0 Å². The Bertz CT molecular complexity index is 521. The van der Waals surface area contributed by atoms with E-state index in [1.165, 1.54) is 0 Å². The summed E-state index contributed by atoms with van der Waals surface area (Å²) >= 11 is 0. The van der Waals surface area contributed by atoms with E-state index < -0.39 is 6.55 Å². The summed E-state index contributed by atoms with van der Waals surface area (Å²) in [6, 6.07) is 0.105. The van der Waals surface area contributed by atoms with E-state index in [9.17, 15) is 13.6 Å². The van der Waals surface area contributed by atoms with Crippen LogP contribution in [-0.2, 0) is 11.2 Å². The van der Waals surface area contributed by atoms with Gasteiger partial charge in [-0.15, -0.1) is 12.4 Å². The maximum Gasteiger partial charge on any atom is 0.333 e. The molecule has 126 valence electrons. The number of hydrogen-bond acceptors (Lipinski definition) is 3. The molecule has 1 saturated carbocycles. The molecule has 1 amide bonds. The maximum atomic E-state index is 12.8. The molecule has 2 atom stereocenters. The molecule has 0 saturated heterocycles. The molecule has 2 rings (SSSR count). The molecule has 1 aliphatic rings. The zero-order valence-corrected chi connectivity index (χ0v) is 13.6. The van der Waals surface area contributed by atoms with Crippen LogP contribution in [0.5, 0.6) is 0 Å². The van der Waals surface area contributed by atoms with Crippen LogP contribution in [0.1, 0.15) is 42.8 Å². The molecule has 0 aliphatic heterocycles. The van der Waals surface area contributed by atoms with Crippen molar-refractivity contribution in [3.8, 4) is 0 Å². The Morgan fingerprint density at radius 3 is 2.68 bits per heavy atom. The molecule has 1 aromatic heterocycles. The van der Waals surface area contributed by atoms with Crippen molar-refractivity contribution in [3.63, 3.8) is 0 Å². The Morgan fingerprint density at radius 1 is 1.45 bits per heavy atom. The van der Waals surface area contributed by atoms with E-state index in [4.69, 9.17) is 5.73 Å². The molecule has 1 aliphatic carbocycles. The van der Waals surface area contributed by atoms with Crippen molar-refractivity contribution in [2.75, 3.05) is 6.54 Å². The molecule has 22 heavy (non-hydrogen) atoms. The largest absolute Gasteiger partial charge is 0.353 e. The van der Waals surface area contributed by atoms with Gasteiger partial charge in [-0.3, -0.25) is 4.79 Å². The van der Waals surface area contributed by atoms with Crippen LogP contribution in [0.25, 0.3) is 0 Å². The number of hydrogen-bond donors (Lipinski definition) is 2. The van der Waals surface area contributed by atoms with Crippen LogP contribution in [0.4, 0.5) is 8.78 Å². The molecular formula is C14H23ClF2N4O. The average Bonchev–Trinajstić information content (AvgIpc) is 2.97. The third-order valence-corrected chi connectivity index (χ3v) is 4.31. The lowest BCUT2D eigenvalue weighted by Gasteiger charge is -2.19. The summed E-state index contributed by atoms with van der Waals surface area (Å²) in [6.45, 7) is 1.09. The Hall–Kier alpha value is -1.21. The van der Waals surface area contributed by atoms with Gasteiger partial charge in [0.15, 0.2) is 0 Å². The minimum Gasteiger partial charge on any atom is -0.353 e. The first-order valence-electron chi connectivity index (χ1n) is 7.26. The number of carbonyl (C=O) groups is 1. The van der Waals surface area contributed by atoms with Crippen LogP contribution in [0.3, 0.4) is 0 Å². The number of nitrogens with one attached hydrogen (secondary N) is 1.